The molecule has 6 atom stereocenters. The molecule has 74 valence electrons. The number of hydrogen-bond acceptors (Lipinski definition) is 0. The van der Waals surface area contributed by atoms with Gasteiger partial charge >= 0.3 is 0 Å². The van der Waals surface area contributed by atoms with Crippen LogP contribution in [-0.4, -0.2) is 19.8 Å². The summed E-state index contributed by atoms with van der Waals surface area (Å²) in [7, 11) is 0. The lowest BCUT2D eigenvalue weighted by Gasteiger charge is -2.31. The highest BCUT2D eigenvalue weighted by molar-refractivity contribution is 9.12. The SMILES string of the molecule is BrC[C@]12[C@@H]3C[C@@H](C(Br)[C@H]31)[C@@]2(Br)CBr. The summed E-state index contributed by atoms with van der Waals surface area (Å²) in [5.74, 6) is 2.73. The summed E-state index contributed by atoms with van der Waals surface area (Å²) in [5.41, 5.74) is 0.551. The van der Waals surface area contributed by atoms with Crippen LogP contribution in [-0.2, 0) is 0 Å². The second-order valence-corrected chi connectivity index (χ2v) is 8.18. The van der Waals surface area contributed by atoms with E-state index in [-0.39, 0.29) is 0 Å². The van der Waals surface area contributed by atoms with Crippen LogP contribution in [0.2, 0.25) is 0 Å². The number of halogens is 4. The summed E-state index contributed by atoms with van der Waals surface area (Å²) in [5, 5.41) is 2.25. The average Bonchev–Trinajstić information content (AvgIpc) is 2.48. The molecule has 0 spiro atoms. The summed E-state index contributed by atoms with van der Waals surface area (Å²) in [6, 6.07) is 0. The fraction of sp³-hybridized carbons (Fsp3) is 1.00. The smallest absolute Gasteiger partial charge is 0.0463 e. The lowest BCUT2D eigenvalue weighted by atomic mass is 9.92. The van der Waals surface area contributed by atoms with Crippen molar-refractivity contribution in [2.45, 2.75) is 15.6 Å². The van der Waals surface area contributed by atoms with Crippen LogP contribution in [0.15, 0.2) is 0 Å². The van der Waals surface area contributed by atoms with Crippen molar-refractivity contribution in [3.63, 3.8) is 0 Å². The van der Waals surface area contributed by atoms with Crippen molar-refractivity contribution >= 4 is 63.7 Å². The van der Waals surface area contributed by atoms with Crippen LogP contribution in [0.25, 0.3) is 0 Å². The summed E-state index contributed by atoms with van der Waals surface area (Å²) in [6.45, 7) is 0. The van der Waals surface area contributed by atoms with Crippen LogP contribution in [0, 0.1) is 23.2 Å². The Labute approximate surface area is 112 Å². The molecule has 0 N–H and O–H groups in total. The number of rotatable bonds is 2. The summed E-state index contributed by atoms with van der Waals surface area (Å²) < 4.78 is 0.354. The van der Waals surface area contributed by atoms with E-state index in [4.69, 9.17) is 0 Å². The van der Waals surface area contributed by atoms with Crippen molar-refractivity contribution in [3.05, 3.63) is 0 Å². The van der Waals surface area contributed by atoms with E-state index in [1.165, 1.54) is 6.42 Å². The van der Waals surface area contributed by atoms with E-state index in [9.17, 15) is 0 Å². The highest BCUT2D eigenvalue weighted by Gasteiger charge is 2.87. The molecule has 4 heteroatoms. The Morgan fingerprint density at radius 3 is 2.15 bits per heavy atom. The standard InChI is InChI=1S/C9H10Br4/c10-2-8-4-1-5(7(12)6(4)8)9(8,13)3-11/h4-7H,1-3H2/t4-,5+,6+,7?,8+,9+/m1/s1. The van der Waals surface area contributed by atoms with Crippen LogP contribution in [0.4, 0.5) is 0 Å². The molecule has 0 radical (unpaired) electrons. The molecule has 4 aliphatic rings. The Morgan fingerprint density at radius 2 is 1.85 bits per heavy atom. The average molecular weight is 438 g/mol. The Balaban J connectivity index is 2.08. The zero-order chi connectivity index (χ0) is 9.43. The fourth-order valence-electron chi connectivity index (χ4n) is 3.96. The molecular weight excluding hydrogens is 428 g/mol. The third kappa shape index (κ3) is 0.826. The molecule has 0 aromatic rings. The topological polar surface area (TPSA) is 0 Å². The van der Waals surface area contributed by atoms with Gasteiger partial charge in [-0.3, -0.25) is 0 Å². The number of alkyl halides is 4. The van der Waals surface area contributed by atoms with Gasteiger partial charge in [0.1, 0.15) is 0 Å². The maximum atomic E-state index is 4.01. The molecule has 0 saturated heterocycles. The second kappa shape index (κ2) is 2.78. The molecule has 4 bridgehead atoms. The highest BCUT2D eigenvalue weighted by atomic mass is 79.9. The molecular formula is C9H10Br4. The summed E-state index contributed by atoms with van der Waals surface area (Å²) in [4.78, 5) is 0.756. The molecule has 4 saturated carbocycles. The maximum absolute atomic E-state index is 4.01. The first-order chi connectivity index (χ1) is 6.13. The van der Waals surface area contributed by atoms with E-state index in [1.54, 1.807) is 0 Å². The van der Waals surface area contributed by atoms with Crippen LogP contribution >= 0.6 is 63.7 Å². The van der Waals surface area contributed by atoms with Crippen LogP contribution in [0.5, 0.6) is 0 Å². The van der Waals surface area contributed by atoms with E-state index in [0.29, 0.717) is 9.74 Å². The molecule has 0 amide bonds. The molecule has 4 aliphatic carbocycles. The lowest BCUT2D eigenvalue weighted by molar-refractivity contribution is 0.445. The lowest BCUT2D eigenvalue weighted by Crippen LogP contribution is -2.37. The first kappa shape index (κ1) is 10.1. The molecule has 0 aromatic heterocycles. The van der Waals surface area contributed by atoms with Gasteiger partial charge in [-0.25, -0.2) is 0 Å². The van der Waals surface area contributed by atoms with Gasteiger partial charge in [-0.05, 0) is 24.2 Å². The Kier molecular flexibility index (Phi) is 2.16. The third-order valence-electron chi connectivity index (χ3n) is 4.59. The number of hydrogen-bond donors (Lipinski definition) is 0. The van der Waals surface area contributed by atoms with Crippen molar-refractivity contribution in [3.8, 4) is 0 Å². The first-order valence-electron chi connectivity index (χ1n) is 4.58. The monoisotopic (exact) mass is 434 g/mol. The van der Waals surface area contributed by atoms with E-state index >= 15 is 0 Å². The van der Waals surface area contributed by atoms with E-state index < -0.39 is 0 Å². The van der Waals surface area contributed by atoms with E-state index in [0.717, 1.165) is 33.2 Å². The van der Waals surface area contributed by atoms with Gasteiger partial charge < -0.3 is 0 Å². The van der Waals surface area contributed by atoms with Gasteiger partial charge in [0, 0.05) is 25.2 Å². The molecule has 4 fully saturated rings. The second-order valence-electron chi connectivity index (χ2n) is 4.59. The normalized spacial score (nSPS) is 67.4. The van der Waals surface area contributed by atoms with Gasteiger partial charge in [0.15, 0.2) is 0 Å². The van der Waals surface area contributed by atoms with Crippen LogP contribution in [0.1, 0.15) is 6.42 Å². The Hall–Kier alpha value is 1.92. The van der Waals surface area contributed by atoms with E-state index in [2.05, 4.69) is 63.7 Å². The van der Waals surface area contributed by atoms with Gasteiger partial charge in [-0.2, -0.15) is 0 Å². The summed E-state index contributed by atoms with van der Waals surface area (Å²) in [6.07, 6.45) is 1.42. The van der Waals surface area contributed by atoms with Crippen LogP contribution < -0.4 is 0 Å². The maximum Gasteiger partial charge on any atom is 0.0463 e. The first-order valence-corrected chi connectivity index (χ1v) is 8.53. The van der Waals surface area contributed by atoms with Crippen molar-refractivity contribution in [1.29, 1.82) is 0 Å². The molecule has 0 aromatic carbocycles. The summed E-state index contributed by atoms with van der Waals surface area (Å²) >= 11 is 15.3. The molecule has 0 heterocycles. The highest BCUT2D eigenvalue weighted by Crippen LogP contribution is 2.86. The van der Waals surface area contributed by atoms with Gasteiger partial charge in [0.25, 0.3) is 0 Å². The van der Waals surface area contributed by atoms with Crippen molar-refractivity contribution < 1.29 is 0 Å². The Morgan fingerprint density at radius 1 is 1.15 bits per heavy atom. The van der Waals surface area contributed by atoms with Gasteiger partial charge in [0.2, 0.25) is 0 Å². The predicted molar refractivity (Wildman–Crippen MR) is 69.5 cm³/mol. The van der Waals surface area contributed by atoms with E-state index in [1.807, 2.05) is 0 Å². The Bertz CT molecular complexity index is 264. The van der Waals surface area contributed by atoms with Gasteiger partial charge in [-0.15, -0.1) is 0 Å². The molecule has 4 rings (SSSR count). The van der Waals surface area contributed by atoms with Crippen molar-refractivity contribution in [1.82, 2.24) is 0 Å². The largest absolute Gasteiger partial charge is 0.0921 e. The zero-order valence-electron chi connectivity index (χ0n) is 6.94. The van der Waals surface area contributed by atoms with Crippen molar-refractivity contribution in [2.75, 3.05) is 10.7 Å². The fourth-order valence-corrected chi connectivity index (χ4v) is 9.60. The van der Waals surface area contributed by atoms with Crippen LogP contribution in [0.3, 0.4) is 0 Å². The minimum Gasteiger partial charge on any atom is -0.0921 e. The van der Waals surface area contributed by atoms with Gasteiger partial charge in [-0.1, -0.05) is 63.7 Å². The minimum atomic E-state index is 0.354. The molecule has 1 unspecified atom stereocenters. The molecule has 13 heavy (non-hydrogen) atoms. The van der Waals surface area contributed by atoms with Crippen molar-refractivity contribution in [2.24, 2.45) is 23.2 Å². The quantitative estimate of drug-likeness (QED) is 0.574. The third-order valence-corrected chi connectivity index (χ3v) is 9.97. The molecule has 0 aliphatic heterocycles. The van der Waals surface area contributed by atoms with Gasteiger partial charge in [0.05, 0.1) is 0 Å². The predicted octanol–water partition coefficient (Wildman–Crippen LogP) is 3.94. The zero-order valence-corrected chi connectivity index (χ0v) is 13.3. The minimum absolute atomic E-state index is 0.354. The molecule has 0 nitrogen and oxygen atoms in total.